The first-order valence-corrected chi connectivity index (χ1v) is 9.78. The van der Waals surface area contributed by atoms with E-state index in [9.17, 15) is 9.59 Å². The van der Waals surface area contributed by atoms with E-state index >= 15 is 0 Å². The van der Waals surface area contributed by atoms with Crippen LogP contribution in [0.2, 0.25) is 0 Å². The molecule has 8 nitrogen and oxygen atoms in total. The smallest absolute Gasteiger partial charge is 0.286 e. The zero-order chi connectivity index (χ0) is 20.1. The number of piperidine rings is 1. The Kier molecular flexibility index (Phi) is 6.45. The van der Waals surface area contributed by atoms with Crippen molar-refractivity contribution in [1.29, 1.82) is 0 Å². The van der Waals surface area contributed by atoms with E-state index in [0.717, 1.165) is 31.1 Å². The third-order valence-corrected chi connectivity index (χ3v) is 5.42. The number of thioether (sulfide) groups is 1. The number of rotatable bonds is 6. The van der Waals surface area contributed by atoms with Crippen molar-refractivity contribution < 1.29 is 23.8 Å². The molecule has 1 saturated heterocycles. The van der Waals surface area contributed by atoms with Crippen molar-refractivity contribution in [2.75, 3.05) is 33.9 Å². The van der Waals surface area contributed by atoms with Crippen molar-refractivity contribution in [1.82, 2.24) is 4.90 Å². The van der Waals surface area contributed by atoms with Gasteiger partial charge in [-0.25, -0.2) is 0 Å². The number of hydrogen-bond acceptors (Lipinski definition) is 7. The minimum Gasteiger partial charge on any atom is -0.493 e. The summed E-state index contributed by atoms with van der Waals surface area (Å²) in [5, 5.41) is 0.760. The molecule has 0 saturated carbocycles. The lowest BCUT2D eigenvalue weighted by atomic mass is 10.1. The Balaban J connectivity index is 1.83. The van der Waals surface area contributed by atoms with E-state index in [-0.39, 0.29) is 18.3 Å². The number of amidine groups is 1. The topological polar surface area (TPSA) is 103 Å². The van der Waals surface area contributed by atoms with E-state index in [1.807, 2.05) is 0 Å². The lowest BCUT2D eigenvalue weighted by Gasteiger charge is -2.27. The molecule has 2 amide bonds. The monoisotopic (exact) mass is 405 g/mol. The SMILES string of the molecule is COc1cc(/C=C2\SC(N3CCCCC3)=NC2=O)cc(OC)c1OCC(N)=O. The zero-order valence-corrected chi connectivity index (χ0v) is 16.7. The Morgan fingerprint density at radius 3 is 2.43 bits per heavy atom. The van der Waals surface area contributed by atoms with E-state index < -0.39 is 5.91 Å². The van der Waals surface area contributed by atoms with Crippen molar-refractivity contribution in [3.8, 4) is 17.2 Å². The fourth-order valence-electron chi connectivity index (χ4n) is 3.04. The lowest BCUT2D eigenvalue weighted by Crippen LogP contribution is -2.33. The molecule has 150 valence electrons. The van der Waals surface area contributed by atoms with Gasteiger partial charge in [-0.1, -0.05) is 0 Å². The Labute approximate surface area is 167 Å². The van der Waals surface area contributed by atoms with E-state index in [2.05, 4.69) is 9.89 Å². The molecular weight excluding hydrogens is 382 g/mol. The number of carbonyl (C=O) groups is 2. The second kappa shape index (κ2) is 9.01. The van der Waals surface area contributed by atoms with Crippen LogP contribution in [0.25, 0.3) is 6.08 Å². The third-order valence-electron chi connectivity index (χ3n) is 4.38. The van der Waals surface area contributed by atoms with Crippen molar-refractivity contribution in [2.45, 2.75) is 19.3 Å². The van der Waals surface area contributed by atoms with Crippen molar-refractivity contribution in [3.63, 3.8) is 0 Å². The normalized spacial score (nSPS) is 18.2. The van der Waals surface area contributed by atoms with Gasteiger partial charge < -0.3 is 24.8 Å². The molecule has 0 aromatic heterocycles. The molecular formula is C19H23N3O5S. The highest BCUT2D eigenvalue weighted by atomic mass is 32.2. The van der Waals surface area contributed by atoms with Crippen LogP contribution in [0.4, 0.5) is 0 Å². The van der Waals surface area contributed by atoms with Crippen LogP contribution in [-0.4, -0.2) is 55.8 Å². The molecule has 1 fully saturated rings. The number of carbonyl (C=O) groups excluding carboxylic acids is 2. The highest BCUT2D eigenvalue weighted by Gasteiger charge is 2.27. The standard InChI is InChI=1S/C19H23N3O5S/c1-25-13-8-12(9-14(26-2)17(13)27-11-16(20)23)10-15-18(24)21-19(28-15)22-6-4-3-5-7-22/h8-10H,3-7,11H2,1-2H3,(H2,20,23)/b15-10-. The number of hydrogen-bond donors (Lipinski definition) is 1. The number of benzene rings is 1. The van der Waals surface area contributed by atoms with Crippen LogP contribution in [0.1, 0.15) is 24.8 Å². The van der Waals surface area contributed by atoms with Gasteiger partial charge in [0.2, 0.25) is 5.75 Å². The van der Waals surface area contributed by atoms with Gasteiger partial charge in [-0.2, -0.15) is 4.99 Å². The minimum atomic E-state index is -0.606. The average molecular weight is 405 g/mol. The number of nitrogens with two attached hydrogens (primary N) is 1. The van der Waals surface area contributed by atoms with Crippen LogP contribution in [-0.2, 0) is 9.59 Å². The largest absolute Gasteiger partial charge is 0.493 e. The predicted octanol–water partition coefficient (Wildman–Crippen LogP) is 2.02. The van der Waals surface area contributed by atoms with E-state index in [1.165, 1.54) is 32.4 Å². The van der Waals surface area contributed by atoms with Crippen molar-refractivity contribution in [3.05, 3.63) is 22.6 Å². The Hall–Kier alpha value is -2.68. The highest BCUT2D eigenvalue weighted by molar-refractivity contribution is 8.18. The van der Waals surface area contributed by atoms with Crippen LogP contribution in [0, 0.1) is 0 Å². The van der Waals surface area contributed by atoms with Crippen LogP contribution >= 0.6 is 11.8 Å². The maximum atomic E-state index is 12.3. The summed E-state index contributed by atoms with van der Waals surface area (Å²) in [6, 6.07) is 3.41. The first-order valence-electron chi connectivity index (χ1n) is 8.96. The average Bonchev–Trinajstić information content (AvgIpc) is 3.07. The fourth-order valence-corrected chi connectivity index (χ4v) is 4.00. The number of nitrogens with zero attached hydrogens (tertiary/aromatic N) is 2. The number of likely N-dealkylation sites (tertiary alicyclic amines) is 1. The van der Waals surface area contributed by atoms with E-state index in [4.69, 9.17) is 19.9 Å². The van der Waals surface area contributed by atoms with Crippen LogP contribution < -0.4 is 19.9 Å². The number of primary amides is 1. The van der Waals surface area contributed by atoms with E-state index in [0.29, 0.717) is 22.0 Å². The quantitative estimate of drug-likeness (QED) is 0.722. The summed E-state index contributed by atoms with van der Waals surface area (Å²) in [4.78, 5) is 30.3. The summed E-state index contributed by atoms with van der Waals surface area (Å²) in [5.74, 6) is 0.171. The molecule has 0 aliphatic carbocycles. The number of methoxy groups -OCH3 is 2. The van der Waals surface area contributed by atoms with Gasteiger partial charge in [0.25, 0.3) is 11.8 Å². The summed E-state index contributed by atoms with van der Waals surface area (Å²) in [6.45, 7) is 1.56. The summed E-state index contributed by atoms with van der Waals surface area (Å²) >= 11 is 1.38. The van der Waals surface area contributed by atoms with Crippen LogP contribution in [0.5, 0.6) is 17.2 Å². The Bertz CT molecular complexity index is 806. The molecule has 2 heterocycles. The van der Waals surface area contributed by atoms with Crippen LogP contribution in [0.3, 0.4) is 0 Å². The number of ether oxygens (including phenoxy) is 3. The van der Waals surface area contributed by atoms with Gasteiger partial charge in [0, 0.05) is 13.1 Å². The van der Waals surface area contributed by atoms with Gasteiger partial charge in [-0.05, 0) is 54.8 Å². The molecule has 0 unspecified atom stereocenters. The molecule has 2 aliphatic rings. The molecule has 9 heteroatoms. The van der Waals surface area contributed by atoms with Crippen LogP contribution in [0.15, 0.2) is 22.0 Å². The highest BCUT2D eigenvalue weighted by Crippen LogP contribution is 2.40. The maximum absolute atomic E-state index is 12.3. The summed E-state index contributed by atoms with van der Waals surface area (Å²) in [5.41, 5.74) is 5.84. The number of amides is 2. The summed E-state index contributed by atoms with van der Waals surface area (Å²) in [6.07, 6.45) is 5.20. The lowest BCUT2D eigenvalue weighted by molar-refractivity contribution is -0.120. The van der Waals surface area contributed by atoms with Crippen molar-refractivity contribution >= 4 is 34.8 Å². The molecule has 0 spiro atoms. The van der Waals surface area contributed by atoms with E-state index in [1.54, 1.807) is 18.2 Å². The van der Waals surface area contributed by atoms with Gasteiger partial charge in [0.1, 0.15) is 0 Å². The molecule has 3 rings (SSSR count). The summed E-state index contributed by atoms with van der Waals surface area (Å²) in [7, 11) is 2.96. The summed E-state index contributed by atoms with van der Waals surface area (Å²) < 4.78 is 16.1. The molecule has 0 atom stereocenters. The fraction of sp³-hybridized carbons (Fsp3) is 0.421. The molecule has 2 aliphatic heterocycles. The van der Waals surface area contributed by atoms with Gasteiger partial charge in [-0.3, -0.25) is 9.59 Å². The van der Waals surface area contributed by atoms with Crippen molar-refractivity contribution in [2.24, 2.45) is 10.7 Å². The molecule has 2 N–H and O–H groups in total. The third kappa shape index (κ3) is 4.59. The second-order valence-corrected chi connectivity index (χ2v) is 7.38. The van der Waals surface area contributed by atoms with Gasteiger partial charge in [0.05, 0.1) is 19.1 Å². The van der Waals surface area contributed by atoms with Gasteiger partial charge in [0.15, 0.2) is 23.3 Å². The molecule has 1 aromatic carbocycles. The number of aliphatic imine (C=N–C) groups is 1. The van der Waals surface area contributed by atoms with Gasteiger partial charge in [-0.15, -0.1) is 0 Å². The molecule has 0 bridgehead atoms. The second-order valence-electron chi connectivity index (χ2n) is 6.37. The maximum Gasteiger partial charge on any atom is 0.286 e. The predicted molar refractivity (Wildman–Crippen MR) is 108 cm³/mol. The first kappa shape index (κ1) is 20.1. The molecule has 28 heavy (non-hydrogen) atoms. The minimum absolute atomic E-state index is 0.252. The van der Waals surface area contributed by atoms with Gasteiger partial charge >= 0.3 is 0 Å². The Morgan fingerprint density at radius 2 is 1.86 bits per heavy atom. The Morgan fingerprint density at radius 1 is 1.21 bits per heavy atom. The molecule has 1 aromatic rings. The zero-order valence-electron chi connectivity index (χ0n) is 15.9. The molecule has 0 radical (unpaired) electrons. The first-order chi connectivity index (χ1) is 13.5.